The molecule has 6 nitrogen and oxygen atoms in total. The topological polar surface area (TPSA) is 85.8 Å². The number of carbonyl (C=O) groups is 1. The molecule has 1 aromatic carbocycles. The van der Waals surface area contributed by atoms with Crippen LogP contribution in [0.5, 0.6) is 0 Å². The Kier molecular flexibility index (Phi) is 5.07. The smallest absolute Gasteiger partial charge is 0.230 e. The Morgan fingerprint density at radius 2 is 2.26 bits per heavy atom. The van der Waals surface area contributed by atoms with Crippen molar-refractivity contribution in [1.29, 1.82) is 0 Å². The van der Waals surface area contributed by atoms with E-state index < -0.39 is 0 Å². The predicted octanol–water partition coefficient (Wildman–Crippen LogP) is 1.97. The molecule has 23 heavy (non-hydrogen) atoms. The summed E-state index contributed by atoms with van der Waals surface area (Å²) in [5, 5.41) is 12.3. The summed E-state index contributed by atoms with van der Waals surface area (Å²) in [5.74, 6) is 7.42. The molecule has 0 aliphatic heterocycles. The first kappa shape index (κ1) is 16.1. The lowest BCUT2D eigenvalue weighted by atomic mass is 10.1. The third kappa shape index (κ3) is 4.39. The number of thioether (sulfide) groups is 1. The molecule has 0 saturated heterocycles. The molecule has 1 aliphatic carbocycles. The second kappa shape index (κ2) is 7.23. The van der Waals surface area contributed by atoms with Crippen molar-refractivity contribution in [3.63, 3.8) is 0 Å². The Morgan fingerprint density at radius 3 is 3.00 bits per heavy atom. The molecular weight excluding hydrogens is 334 g/mol. The molecule has 1 saturated carbocycles. The fourth-order valence-electron chi connectivity index (χ4n) is 2.23. The number of nitrogen functional groups attached to an aromatic ring is 1. The summed E-state index contributed by atoms with van der Waals surface area (Å²) < 4.78 is 1.50. The fraction of sp³-hybridized carbons (Fsp3) is 0.400. The third-order valence-corrected chi connectivity index (χ3v) is 4.77. The molecule has 1 aliphatic rings. The van der Waals surface area contributed by atoms with Crippen molar-refractivity contribution < 1.29 is 4.79 Å². The van der Waals surface area contributed by atoms with E-state index in [0.29, 0.717) is 22.6 Å². The minimum absolute atomic E-state index is 0.0481. The number of rotatable bonds is 7. The van der Waals surface area contributed by atoms with E-state index >= 15 is 0 Å². The first-order valence-corrected chi connectivity index (χ1v) is 8.84. The van der Waals surface area contributed by atoms with Crippen molar-refractivity contribution in [1.82, 2.24) is 20.2 Å². The van der Waals surface area contributed by atoms with Crippen LogP contribution < -0.4 is 11.2 Å². The number of halogens is 1. The van der Waals surface area contributed by atoms with Gasteiger partial charge in [0.1, 0.15) is 0 Å². The molecule has 0 bridgehead atoms. The normalized spacial score (nSPS) is 14.0. The van der Waals surface area contributed by atoms with Crippen molar-refractivity contribution in [3.05, 3.63) is 40.7 Å². The number of hydrogen-bond donors (Lipinski definition) is 2. The van der Waals surface area contributed by atoms with Crippen LogP contribution in [-0.4, -0.2) is 33.1 Å². The number of benzene rings is 1. The third-order valence-electron chi connectivity index (χ3n) is 3.59. The van der Waals surface area contributed by atoms with Gasteiger partial charge < -0.3 is 11.2 Å². The zero-order valence-corrected chi connectivity index (χ0v) is 14.1. The maximum atomic E-state index is 11.9. The van der Waals surface area contributed by atoms with Gasteiger partial charge in [-0.2, -0.15) is 0 Å². The zero-order valence-electron chi connectivity index (χ0n) is 12.5. The number of amides is 1. The minimum Gasteiger partial charge on any atom is -0.355 e. The lowest BCUT2D eigenvalue weighted by Gasteiger charge is -2.06. The SMILES string of the molecule is Nn1c(SCC(=O)NCCc2cccc(Cl)c2)nnc1C1CC1. The molecule has 3 rings (SSSR count). The van der Waals surface area contributed by atoms with Crippen molar-refractivity contribution in [2.24, 2.45) is 0 Å². The summed E-state index contributed by atoms with van der Waals surface area (Å²) in [6.45, 7) is 0.572. The minimum atomic E-state index is -0.0481. The van der Waals surface area contributed by atoms with Crippen molar-refractivity contribution in [2.75, 3.05) is 18.1 Å². The van der Waals surface area contributed by atoms with E-state index in [1.807, 2.05) is 24.3 Å². The monoisotopic (exact) mass is 351 g/mol. The number of nitrogens with zero attached hydrogens (tertiary/aromatic N) is 3. The van der Waals surface area contributed by atoms with Crippen LogP contribution in [0.3, 0.4) is 0 Å². The summed E-state index contributed by atoms with van der Waals surface area (Å²) in [5.41, 5.74) is 1.10. The lowest BCUT2D eigenvalue weighted by Crippen LogP contribution is -2.27. The van der Waals surface area contributed by atoms with E-state index in [2.05, 4.69) is 15.5 Å². The van der Waals surface area contributed by atoms with Crippen LogP contribution in [0.4, 0.5) is 0 Å². The zero-order chi connectivity index (χ0) is 16.2. The summed E-state index contributed by atoms with van der Waals surface area (Å²) in [7, 11) is 0. The van der Waals surface area contributed by atoms with Gasteiger partial charge in [0.05, 0.1) is 5.75 Å². The Hall–Kier alpha value is -1.73. The van der Waals surface area contributed by atoms with E-state index in [-0.39, 0.29) is 11.7 Å². The molecule has 2 aromatic rings. The molecule has 0 radical (unpaired) electrons. The van der Waals surface area contributed by atoms with Crippen molar-refractivity contribution in [2.45, 2.75) is 30.3 Å². The summed E-state index contributed by atoms with van der Waals surface area (Å²) >= 11 is 7.23. The van der Waals surface area contributed by atoms with Crippen LogP contribution in [-0.2, 0) is 11.2 Å². The summed E-state index contributed by atoms with van der Waals surface area (Å²) in [6.07, 6.45) is 2.98. The van der Waals surface area contributed by atoms with Crippen LogP contribution in [0.2, 0.25) is 5.02 Å². The van der Waals surface area contributed by atoms with E-state index in [0.717, 1.165) is 30.7 Å². The molecule has 8 heteroatoms. The molecule has 1 heterocycles. The van der Waals surface area contributed by atoms with Gasteiger partial charge in [0.25, 0.3) is 0 Å². The van der Waals surface area contributed by atoms with E-state index in [9.17, 15) is 4.79 Å². The van der Waals surface area contributed by atoms with Crippen LogP contribution in [0, 0.1) is 0 Å². The molecule has 122 valence electrons. The molecule has 1 fully saturated rings. The molecular formula is C15H18ClN5OS. The van der Waals surface area contributed by atoms with Gasteiger partial charge in [-0.05, 0) is 37.0 Å². The average Bonchev–Trinajstić information content (AvgIpc) is 3.29. The molecule has 1 amide bonds. The highest BCUT2D eigenvalue weighted by atomic mass is 35.5. The largest absolute Gasteiger partial charge is 0.355 e. The Labute approximate surface area is 143 Å². The first-order chi connectivity index (χ1) is 11.1. The van der Waals surface area contributed by atoms with E-state index in [1.165, 1.54) is 16.4 Å². The van der Waals surface area contributed by atoms with Gasteiger partial charge in [0.15, 0.2) is 5.82 Å². The van der Waals surface area contributed by atoms with Gasteiger partial charge in [-0.3, -0.25) is 4.79 Å². The van der Waals surface area contributed by atoms with Crippen LogP contribution in [0.15, 0.2) is 29.4 Å². The highest BCUT2D eigenvalue weighted by Crippen LogP contribution is 2.39. The number of nitrogens with one attached hydrogen (secondary N) is 1. The first-order valence-electron chi connectivity index (χ1n) is 7.48. The Bertz CT molecular complexity index is 701. The quantitative estimate of drug-likeness (QED) is 0.588. The van der Waals surface area contributed by atoms with Crippen LogP contribution in [0.1, 0.15) is 30.1 Å². The Morgan fingerprint density at radius 1 is 1.43 bits per heavy atom. The summed E-state index contributed by atoms with van der Waals surface area (Å²) in [6, 6.07) is 7.63. The highest BCUT2D eigenvalue weighted by Gasteiger charge is 2.29. The molecule has 0 unspecified atom stereocenters. The highest BCUT2D eigenvalue weighted by molar-refractivity contribution is 7.99. The second-order valence-corrected chi connectivity index (χ2v) is 6.88. The average molecular weight is 352 g/mol. The maximum Gasteiger partial charge on any atom is 0.230 e. The predicted molar refractivity (Wildman–Crippen MR) is 91.0 cm³/mol. The Balaban J connectivity index is 1.41. The van der Waals surface area contributed by atoms with Gasteiger partial charge in [-0.25, -0.2) is 4.68 Å². The van der Waals surface area contributed by atoms with Crippen LogP contribution in [0.25, 0.3) is 0 Å². The standard InChI is InChI=1S/C15H18ClN5OS/c16-12-3-1-2-10(8-12)6-7-18-13(22)9-23-15-20-19-14(21(15)17)11-4-5-11/h1-3,8,11H,4-7,9,17H2,(H,18,22). The van der Waals surface area contributed by atoms with E-state index in [4.69, 9.17) is 17.4 Å². The van der Waals surface area contributed by atoms with Crippen molar-refractivity contribution in [3.8, 4) is 0 Å². The molecule has 0 spiro atoms. The van der Waals surface area contributed by atoms with E-state index in [1.54, 1.807) is 0 Å². The summed E-state index contributed by atoms with van der Waals surface area (Å²) in [4.78, 5) is 11.9. The molecule has 3 N–H and O–H groups in total. The van der Waals surface area contributed by atoms with Gasteiger partial charge in [-0.1, -0.05) is 35.5 Å². The van der Waals surface area contributed by atoms with Crippen molar-refractivity contribution >= 4 is 29.3 Å². The number of nitrogens with two attached hydrogens (primary N) is 1. The lowest BCUT2D eigenvalue weighted by molar-refractivity contribution is -0.118. The fourth-order valence-corrected chi connectivity index (χ4v) is 3.13. The maximum absolute atomic E-state index is 11.9. The van der Waals surface area contributed by atoms with Gasteiger partial charge in [0.2, 0.25) is 11.1 Å². The molecule has 0 atom stereocenters. The number of hydrogen-bond acceptors (Lipinski definition) is 5. The molecule has 1 aromatic heterocycles. The van der Waals surface area contributed by atoms with Gasteiger partial charge in [-0.15, -0.1) is 10.2 Å². The number of aromatic nitrogens is 3. The van der Waals surface area contributed by atoms with Crippen LogP contribution >= 0.6 is 23.4 Å². The number of carbonyl (C=O) groups excluding carboxylic acids is 1. The van der Waals surface area contributed by atoms with Gasteiger partial charge >= 0.3 is 0 Å². The second-order valence-electron chi connectivity index (χ2n) is 5.50. The van der Waals surface area contributed by atoms with Gasteiger partial charge in [0, 0.05) is 17.5 Å².